The minimum absolute atomic E-state index is 0. The molecule has 1 fully saturated rings. The largest absolute Gasteiger partial charge is 0.338 e. The summed E-state index contributed by atoms with van der Waals surface area (Å²) in [6.45, 7) is 0.472. The van der Waals surface area contributed by atoms with E-state index in [1.807, 2.05) is 0 Å². The van der Waals surface area contributed by atoms with Gasteiger partial charge in [0, 0.05) is 0 Å². The van der Waals surface area contributed by atoms with Crippen molar-refractivity contribution in [1.29, 1.82) is 0 Å². The van der Waals surface area contributed by atoms with Crippen LogP contribution in [0.2, 0.25) is 0 Å². The van der Waals surface area contributed by atoms with Crippen molar-refractivity contribution < 1.29 is 4.79 Å². The zero-order valence-corrected chi connectivity index (χ0v) is 6.39. The Balaban J connectivity index is 0.000000605. The number of amides is 1. The molecule has 0 aromatic heterocycles. The number of nitrogens with one attached hydrogen (secondary N) is 2. The number of aliphatic imine (C=N–C) groups is 2. The van der Waals surface area contributed by atoms with Crippen molar-refractivity contribution in [1.82, 2.24) is 10.6 Å². The number of halogens is 1. The number of fused-ring (bicyclic) bond motifs is 1. The molecule has 0 saturated carbocycles. The molecule has 2 rings (SSSR count). The van der Waals surface area contributed by atoms with E-state index in [0.717, 1.165) is 0 Å². The predicted octanol–water partition coefficient (Wildman–Crippen LogP) is -1.11. The molecule has 2 N–H and O–H groups in total. The number of rotatable bonds is 0. The summed E-state index contributed by atoms with van der Waals surface area (Å²) in [4.78, 5) is 18.6. The Morgan fingerprint density at radius 1 is 1.64 bits per heavy atom. The number of carbonyl (C=O) groups excluding carboxylic acids is 1. The van der Waals surface area contributed by atoms with E-state index in [-0.39, 0.29) is 24.5 Å². The SMILES string of the molecule is Cl.O=C1NCNC2N=CN=C12. The highest BCUT2D eigenvalue weighted by molar-refractivity contribution is 6.43. The van der Waals surface area contributed by atoms with Crippen molar-refractivity contribution >= 4 is 30.4 Å². The van der Waals surface area contributed by atoms with Crippen LogP contribution in [0.25, 0.3) is 0 Å². The fourth-order valence-corrected chi connectivity index (χ4v) is 0.954. The van der Waals surface area contributed by atoms with Crippen molar-refractivity contribution in [3.05, 3.63) is 0 Å². The maximum Gasteiger partial charge on any atom is 0.270 e. The molecule has 60 valence electrons. The lowest BCUT2D eigenvalue weighted by atomic mass is 10.2. The van der Waals surface area contributed by atoms with Crippen LogP contribution in [0, 0.1) is 0 Å². The van der Waals surface area contributed by atoms with Crippen LogP contribution in [0.4, 0.5) is 0 Å². The average Bonchev–Trinajstić information content (AvgIpc) is 2.36. The second-order valence-corrected chi connectivity index (χ2v) is 2.07. The van der Waals surface area contributed by atoms with Crippen LogP contribution >= 0.6 is 12.4 Å². The van der Waals surface area contributed by atoms with Crippen molar-refractivity contribution in [3.8, 4) is 0 Å². The van der Waals surface area contributed by atoms with E-state index in [1.165, 1.54) is 6.34 Å². The first kappa shape index (κ1) is 8.16. The van der Waals surface area contributed by atoms with Gasteiger partial charge in [-0.25, -0.2) is 9.98 Å². The van der Waals surface area contributed by atoms with Crippen molar-refractivity contribution in [3.63, 3.8) is 0 Å². The topological polar surface area (TPSA) is 65.8 Å². The van der Waals surface area contributed by atoms with Crippen molar-refractivity contribution in [2.75, 3.05) is 6.67 Å². The summed E-state index contributed by atoms with van der Waals surface area (Å²) in [5.74, 6) is -0.124. The molecule has 0 aromatic rings. The van der Waals surface area contributed by atoms with E-state index in [1.54, 1.807) is 0 Å². The van der Waals surface area contributed by atoms with Gasteiger partial charge in [-0.3, -0.25) is 10.1 Å². The van der Waals surface area contributed by atoms with Gasteiger partial charge in [0.15, 0.2) is 6.17 Å². The number of hydrogen-bond acceptors (Lipinski definition) is 4. The lowest BCUT2D eigenvalue weighted by Gasteiger charge is -2.18. The lowest BCUT2D eigenvalue weighted by molar-refractivity contribution is -0.115. The third-order valence-electron chi connectivity index (χ3n) is 1.45. The molecule has 1 saturated heterocycles. The molecule has 1 atom stereocenters. The maximum absolute atomic E-state index is 10.9. The Hall–Kier alpha value is -0.940. The molecule has 2 aliphatic heterocycles. The van der Waals surface area contributed by atoms with Gasteiger partial charge >= 0.3 is 0 Å². The molecule has 1 amide bonds. The Bertz CT molecular complexity index is 237. The molecule has 1 unspecified atom stereocenters. The molecule has 0 spiro atoms. The summed E-state index contributed by atoms with van der Waals surface area (Å²) in [7, 11) is 0. The van der Waals surface area contributed by atoms with Crippen LogP contribution in [0.15, 0.2) is 9.98 Å². The molecule has 6 heteroatoms. The van der Waals surface area contributed by atoms with Gasteiger partial charge in [0.2, 0.25) is 0 Å². The summed E-state index contributed by atoms with van der Waals surface area (Å²) in [5, 5.41) is 5.54. The minimum Gasteiger partial charge on any atom is -0.338 e. The first-order valence-electron chi connectivity index (χ1n) is 2.99. The summed E-state index contributed by atoms with van der Waals surface area (Å²) in [5.41, 5.74) is 0.464. The monoisotopic (exact) mass is 174 g/mol. The second kappa shape index (κ2) is 2.98. The van der Waals surface area contributed by atoms with Crippen molar-refractivity contribution in [2.24, 2.45) is 9.98 Å². The molecular weight excluding hydrogens is 168 g/mol. The zero-order valence-electron chi connectivity index (χ0n) is 5.57. The van der Waals surface area contributed by atoms with Crippen LogP contribution < -0.4 is 10.6 Å². The minimum atomic E-state index is -0.200. The van der Waals surface area contributed by atoms with Crippen LogP contribution in [0.5, 0.6) is 0 Å². The Morgan fingerprint density at radius 2 is 2.45 bits per heavy atom. The summed E-state index contributed by atoms with van der Waals surface area (Å²) in [6, 6.07) is 0. The van der Waals surface area contributed by atoms with Gasteiger partial charge in [-0.1, -0.05) is 0 Å². The standard InChI is InChI=1S/C5H6N4O.ClH/c10-5-3-4(7-1-6-3)8-2-9-5;/h1,4,8H,2H2,(H,9,10);1H. The summed E-state index contributed by atoms with van der Waals surface area (Å²) in [6.07, 6.45) is 1.20. The normalized spacial score (nSPS) is 26.7. The third kappa shape index (κ3) is 1.24. The average molecular weight is 175 g/mol. The molecule has 11 heavy (non-hydrogen) atoms. The Kier molecular flexibility index (Phi) is 2.21. The van der Waals surface area contributed by atoms with Gasteiger partial charge in [-0.05, 0) is 0 Å². The molecule has 2 heterocycles. The highest BCUT2D eigenvalue weighted by Crippen LogP contribution is 2.00. The van der Waals surface area contributed by atoms with E-state index < -0.39 is 0 Å². The molecule has 0 bridgehead atoms. The molecular formula is C5H7ClN4O. The smallest absolute Gasteiger partial charge is 0.270 e. The summed E-state index contributed by atoms with van der Waals surface area (Å²) < 4.78 is 0. The molecule has 5 nitrogen and oxygen atoms in total. The third-order valence-corrected chi connectivity index (χ3v) is 1.45. The Morgan fingerprint density at radius 3 is 3.18 bits per heavy atom. The highest BCUT2D eigenvalue weighted by atomic mass is 35.5. The van der Waals surface area contributed by atoms with E-state index in [4.69, 9.17) is 0 Å². The quantitative estimate of drug-likeness (QED) is 0.489. The van der Waals surface area contributed by atoms with Gasteiger partial charge in [0.1, 0.15) is 12.1 Å². The second-order valence-electron chi connectivity index (χ2n) is 2.07. The van der Waals surface area contributed by atoms with E-state index in [0.29, 0.717) is 12.4 Å². The van der Waals surface area contributed by atoms with Crippen LogP contribution in [0.1, 0.15) is 0 Å². The lowest BCUT2D eigenvalue weighted by Crippen LogP contribution is -2.53. The molecule has 0 radical (unpaired) electrons. The van der Waals surface area contributed by atoms with E-state index in [9.17, 15) is 4.79 Å². The highest BCUT2D eigenvalue weighted by Gasteiger charge is 2.27. The van der Waals surface area contributed by atoms with Gasteiger partial charge in [0.05, 0.1) is 6.67 Å². The van der Waals surface area contributed by atoms with Crippen LogP contribution in [0.3, 0.4) is 0 Å². The first-order chi connectivity index (χ1) is 4.88. The fourth-order valence-electron chi connectivity index (χ4n) is 0.954. The van der Waals surface area contributed by atoms with Gasteiger partial charge in [-0.2, -0.15) is 0 Å². The zero-order chi connectivity index (χ0) is 6.97. The van der Waals surface area contributed by atoms with E-state index >= 15 is 0 Å². The maximum atomic E-state index is 10.9. The van der Waals surface area contributed by atoms with Gasteiger partial charge < -0.3 is 5.32 Å². The number of carbonyl (C=O) groups is 1. The van der Waals surface area contributed by atoms with Crippen LogP contribution in [-0.4, -0.2) is 30.8 Å². The molecule has 0 aliphatic carbocycles. The van der Waals surface area contributed by atoms with Crippen molar-refractivity contribution in [2.45, 2.75) is 6.17 Å². The Labute approximate surface area is 69.4 Å². The molecule has 2 aliphatic rings. The summed E-state index contributed by atoms with van der Waals surface area (Å²) >= 11 is 0. The first-order valence-corrected chi connectivity index (χ1v) is 2.99. The van der Waals surface area contributed by atoms with E-state index in [2.05, 4.69) is 20.6 Å². The molecule has 0 aromatic carbocycles. The predicted molar refractivity (Wildman–Crippen MR) is 43.1 cm³/mol. The fraction of sp³-hybridized carbons (Fsp3) is 0.400. The van der Waals surface area contributed by atoms with Gasteiger partial charge in [0.25, 0.3) is 5.91 Å². The number of nitrogens with zero attached hydrogens (tertiary/aromatic N) is 2. The number of hydrogen-bond donors (Lipinski definition) is 2. The van der Waals surface area contributed by atoms with Crippen LogP contribution in [-0.2, 0) is 4.79 Å². The van der Waals surface area contributed by atoms with Gasteiger partial charge in [-0.15, -0.1) is 12.4 Å².